The van der Waals surface area contributed by atoms with Crippen LogP contribution in [0.1, 0.15) is 53.4 Å². The molecule has 0 bridgehead atoms. The monoisotopic (exact) mass is 197 g/mol. The molecule has 1 aliphatic carbocycles. The highest BCUT2D eigenvalue weighted by Crippen LogP contribution is 2.23. The zero-order valence-corrected chi connectivity index (χ0v) is 10.3. The van der Waals surface area contributed by atoms with Crippen LogP contribution in [-0.2, 0) is 0 Å². The zero-order valence-electron chi connectivity index (χ0n) is 10.3. The fraction of sp³-hybridized carbons (Fsp3) is 1.00. The molecular weight excluding hydrogens is 170 g/mol. The normalized spacial score (nSPS) is 30.6. The first-order valence-electron chi connectivity index (χ1n) is 6.33. The summed E-state index contributed by atoms with van der Waals surface area (Å²) in [7, 11) is 0. The van der Waals surface area contributed by atoms with Crippen LogP contribution in [0.5, 0.6) is 0 Å². The van der Waals surface area contributed by atoms with Gasteiger partial charge in [-0.3, -0.25) is 0 Å². The lowest BCUT2D eigenvalue weighted by Crippen LogP contribution is -2.36. The number of hydrogen-bond acceptors (Lipinski definition) is 1. The predicted molar refractivity (Wildman–Crippen MR) is 63.4 cm³/mol. The maximum atomic E-state index is 3.72. The first-order chi connectivity index (χ1) is 6.59. The molecule has 1 saturated carbocycles. The van der Waals surface area contributed by atoms with Gasteiger partial charge in [0.15, 0.2) is 0 Å². The van der Waals surface area contributed by atoms with E-state index in [1.165, 1.54) is 32.2 Å². The van der Waals surface area contributed by atoms with Gasteiger partial charge in [0.2, 0.25) is 0 Å². The Bertz CT molecular complexity index is 145. The van der Waals surface area contributed by atoms with Gasteiger partial charge < -0.3 is 5.32 Å². The summed E-state index contributed by atoms with van der Waals surface area (Å²) in [6.07, 6.45) is 5.64. The third-order valence-corrected chi connectivity index (χ3v) is 3.88. The molecule has 84 valence electrons. The molecule has 0 amide bonds. The van der Waals surface area contributed by atoms with E-state index in [-0.39, 0.29) is 0 Å². The van der Waals surface area contributed by atoms with Gasteiger partial charge in [-0.25, -0.2) is 0 Å². The first kappa shape index (κ1) is 12.0. The molecule has 1 N–H and O–H groups in total. The molecule has 1 atom stereocenters. The van der Waals surface area contributed by atoms with Gasteiger partial charge in [-0.1, -0.05) is 27.7 Å². The Morgan fingerprint density at radius 1 is 1.07 bits per heavy atom. The van der Waals surface area contributed by atoms with Crippen LogP contribution in [0, 0.1) is 17.8 Å². The average molecular weight is 197 g/mol. The Kier molecular flexibility index (Phi) is 4.94. The Balaban J connectivity index is 2.13. The van der Waals surface area contributed by atoms with E-state index >= 15 is 0 Å². The highest BCUT2D eigenvalue weighted by atomic mass is 14.9. The maximum Gasteiger partial charge on any atom is 0.00673 e. The highest BCUT2D eigenvalue weighted by Gasteiger charge is 2.18. The van der Waals surface area contributed by atoms with Crippen LogP contribution < -0.4 is 5.32 Å². The molecule has 0 aromatic rings. The minimum absolute atomic E-state index is 0.810. The summed E-state index contributed by atoms with van der Waals surface area (Å²) >= 11 is 0. The summed E-state index contributed by atoms with van der Waals surface area (Å²) in [5, 5.41) is 3.72. The third kappa shape index (κ3) is 4.00. The van der Waals surface area contributed by atoms with Crippen molar-refractivity contribution in [3.63, 3.8) is 0 Å². The molecule has 0 aromatic heterocycles. The predicted octanol–water partition coefficient (Wildman–Crippen LogP) is 3.45. The van der Waals surface area contributed by atoms with Gasteiger partial charge in [0.1, 0.15) is 0 Å². The van der Waals surface area contributed by atoms with Crippen LogP contribution in [0.4, 0.5) is 0 Å². The third-order valence-electron chi connectivity index (χ3n) is 3.88. The lowest BCUT2D eigenvalue weighted by atomic mass is 9.87. The van der Waals surface area contributed by atoms with Crippen molar-refractivity contribution in [2.75, 3.05) is 6.54 Å². The fourth-order valence-electron chi connectivity index (χ4n) is 2.05. The largest absolute Gasteiger partial charge is 0.314 e. The first-order valence-corrected chi connectivity index (χ1v) is 6.33. The van der Waals surface area contributed by atoms with Crippen molar-refractivity contribution < 1.29 is 0 Å². The van der Waals surface area contributed by atoms with Crippen molar-refractivity contribution in [3.8, 4) is 0 Å². The molecule has 0 aromatic carbocycles. The van der Waals surface area contributed by atoms with Crippen LogP contribution in [0.25, 0.3) is 0 Å². The summed E-state index contributed by atoms with van der Waals surface area (Å²) in [5.74, 6) is 2.59. The topological polar surface area (TPSA) is 12.0 Å². The van der Waals surface area contributed by atoms with Crippen molar-refractivity contribution in [2.24, 2.45) is 17.8 Å². The summed E-state index contributed by atoms with van der Waals surface area (Å²) in [4.78, 5) is 0. The van der Waals surface area contributed by atoms with Crippen LogP contribution >= 0.6 is 0 Å². The molecule has 1 nitrogen and oxygen atoms in total. The van der Waals surface area contributed by atoms with Crippen molar-refractivity contribution in [3.05, 3.63) is 0 Å². The minimum atomic E-state index is 0.810. The lowest BCUT2D eigenvalue weighted by molar-refractivity contribution is 0.284. The molecule has 1 heteroatoms. The Morgan fingerprint density at radius 2 is 1.64 bits per heavy atom. The Hall–Kier alpha value is -0.0400. The average Bonchev–Trinajstić information content (AvgIpc) is 2.16. The molecule has 0 aliphatic heterocycles. The second kappa shape index (κ2) is 5.75. The van der Waals surface area contributed by atoms with Crippen LogP contribution in [0.2, 0.25) is 0 Å². The molecule has 0 radical (unpaired) electrons. The van der Waals surface area contributed by atoms with E-state index in [1.54, 1.807) is 0 Å². The van der Waals surface area contributed by atoms with E-state index in [1.807, 2.05) is 0 Å². The smallest absolute Gasteiger partial charge is 0.00673 e. The van der Waals surface area contributed by atoms with Crippen LogP contribution in [0.3, 0.4) is 0 Å². The van der Waals surface area contributed by atoms with Crippen molar-refractivity contribution in [2.45, 2.75) is 59.4 Å². The molecule has 14 heavy (non-hydrogen) atoms. The fourth-order valence-corrected chi connectivity index (χ4v) is 2.05. The van der Waals surface area contributed by atoms with Crippen molar-refractivity contribution >= 4 is 0 Å². The van der Waals surface area contributed by atoms with Crippen molar-refractivity contribution in [1.29, 1.82) is 0 Å². The van der Waals surface area contributed by atoms with Crippen LogP contribution in [-0.4, -0.2) is 12.6 Å². The molecule has 1 rings (SSSR count). The molecular formula is C13H27N. The SMILES string of the molecule is CC1CCC(NCC(C)C(C)C)CC1. The molecule has 1 unspecified atom stereocenters. The highest BCUT2D eigenvalue weighted by molar-refractivity contribution is 4.76. The van der Waals surface area contributed by atoms with Gasteiger partial charge >= 0.3 is 0 Å². The van der Waals surface area contributed by atoms with Crippen molar-refractivity contribution in [1.82, 2.24) is 5.32 Å². The van der Waals surface area contributed by atoms with E-state index in [2.05, 4.69) is 33.0 Å². The molecule has 1 fully saturated rings. The van der Waals surface area contributed by atoms with E-state index < -0.39 is 0 Å². The van der Waals surface area contributed by atoms with Gasteiger partial charge in [-0.2, -0.15) is 0 Å². The lowest BCUT2D eigenvalue weighted by Gasteiger charge is -2.28. The van der Waals surface area contributed by atoms with Gasteiger partial charge in [0.25, 0.3) is 0 Å². The molecule has 0 heterocycles. The summed E-state index contributed by atoms with van der Waals surface area (Å²) in [6, 6.07) is 0.812. The summed E-state index contributed by atoms with van der Waals surface area (Å²) in [6.45, 7) is 10.6. The Labute approximate surface area is 89.7 Å². The number of rotatable bonds is 4. The molecule has 0 saturated heterocycles. The number of nitrogens with one attached hydrogen (secondary N) is 1. The van der Waals surface area contributed by atoms with E-state index in [0.717, 1.165) is 23.8 Å². The maximum absolute atomic E-state index is 3.72. The standard InChI is InChI=1S/C13H27N/c1-10(2)12(4)9-14-13-7-5-11(3)6-8-13/h10-14H,5-9H2,1-4H3. The van der Waals surface area contributed by atoms with Crippen LogP contribution in [0.15, 0.2) is 0 Å². The second-order valence-electron chi connectivity index (χ2n) is 5.59. The minimum Gasteiger partial charge on any atom is -0.314 e. The van der Waals surface area contributed by atoms with E-state index in [9.17, 15) is 0 Å². The summed E-state index contributed by atoms with van der Waals surface area (Å²) < 4.78 is 0. The van der Waals surface area contributed by atoms with E-state index in [4.69, 9.17) is 0 Å². The summed E-state index contributed by atoms with van der Waals surface area (Å²) in [5.41, 5.74) is 0. The van der Waals surface area contributed by atoms with E-state index in [0.29, 0.717) is 0 Å². The van der Waals surface area contributed by atoms with Gasteiger partial charge in [-0.15, -0.1) is 0 Å². The molecule has 1 aliphatic rings. The van der Waals surface area contributed by atoms with Gasteiger partial charge in [-0.05, 0) is 50.0 Å². The van der Waals surface area contributed by atoms with Gasteiger partial charge in [0, 0.05) is 6.04 Å². The quantitative estimate of drug-likeness (QED) is 0.728. The Morgan fingerprint density at radius 3 is 2.14 bits per heavy atom. The zero-order chi connectivity index (χ0) is 10.6. The second-order valence-corrected chi connectivity index (χ2v) is 5.59. The molecule has 0 spiro atoms. The number of hydrogen-bond donors (Lipinski definition) is 1. The van der Waals surface area contributed by atoms with Gasteiger partial charge in [0.05, 0.1) is 0 Å².